The number of rotatable bonds is 4. The molecule has 0 atom stereocenters. The average molecular weight is 552 g/mol. The van der Waals surface area contributed by atoms with Gasteiger partial charge in [0.1, 0.15) is 11.5 Å². The number of carbonyl (C=O) groups is 2. The number of ether oxygens (including phenoxy) is 1. The number of aldehydes is 2. The Labute approximate surface area is 168 Å². The van der Waals surface area contributed by atoms with Gasteiger partial charge >= 0.3 is 0 Å². The van der Waals surface area contributed by atoms with Crippen LogP contribution in [0.15, 0.2) is 24.3 Å². The molecule has 0 aromatic heterocycles. The molecule has 0 fully saturated rings. The summed E-state index contributed by atoms with van der Waals surface area (Å²) in [5.74, 6) is 0.790. The maximum Gasteiger partial charge on any atom is 0.153 e. The summed E-state index contributed by atoms with van der Waals surface area (Å²) < 4.78 is 7.39. The van der Waals surface area contributed by atoms with Gasteiger partial charge in [0.25, 0.3) is 0 Å². The smallest absolute Gasteiger partial charge is 0.153 e. The molecule has 0 unspecified atom stereocenters. The lowest BCUT2D eigenvalue weighted by atomic mass is 10.1. The van der Waals surface area contributed by atoms with Crippen molar-refractivity contribution in [1.29, 1.82) is 0 Å². The molecule has 0 aliphatic carbocycles. The maximum absolute atomic E-state index is 10.7. The van der Waals surface area contributed by atoms with E-state index in [4.69, 9.17) is 4.74 Å². The van der Waals surface area contributed by atoms with Gasteiger partial charge in [-0.3, -0.25) is 9.59 Å². The van der Waals surface area contributed by atoms with Crippen LogP contribution in [0.3, 0.4) is 0 Å². The van der Waals surface area contributed by atoms with E-state index in [1.165, 1.54) is 0 Å². The summed E-state index contributed by atoms with van der Waals surface area (Å²) in [4.78, 5) is 21.1. The lowest BCUT2D eigenvalue weighted by Gasteiger charge is -2.09. The van der Waals surface area contributed by atoms with Gasteiger partial charge in [-0.1, -0.05) is 0 Å². The number of aromatic hydroxyl groups is 1. The number of halogens is 2. The van der Waals surface area contributed by atoms with Crippen LogP contribution in [0.25, 0.3) is 0 Å². The molecule has 0 aliphatic heterocycles. The van der Waals surface area contributed by atoms with E-state index in [1.54, 1.807) is 13.0 Å². The summed E-state index contributed by atoms with van der Waals surface area (Å²) in [6, 6.07) is 7.29. The van der Waals surface area contributed by atoms with E-state index in [2.05, 4.69) is 45.2 Å². The van der Waals surface area contributed by atoms with Crippen LogP contribution < -0.4 is 4.74 Å². The Bertz CT molecular complexity index is 742. The van der Waals surface area contributed by atoms with Crippen molar-refractivity contribution in [3.05, 3.63) is 53.7 Å². The van der Waals surface area contributed by atoms with Gasteiger partial charge in [0, 0.05) is 7.14 Å². The Morgan fingerprint density at radius 1 is 0.958 bits per heavy atom. The van der Waals surface area contributed by atoms with Crippen LogP contribution in [-0.4, -0.2) is 24.3 Å². The monoisotopic (exact) mass is 552 g/mol. The zero-order valence-electron chi connectivity index (χ0n) is 13.6. The fourth-order valence-electron chi connectivity index (χ4n) is 2.04. The molecule has 0 spiro atoms. The van der Waals surface area contributed by atoms with Gasteiger partial charge in [0.15, 0.2) is 12.6 Å². The fourth-order valence-corrected chi connectivity index (χ4v) is 3.64. The molecule has 0 saturated heterocycles. The third kappa shape index (κ3) is 5.73. The maximum atomic E-state index is 10.7. The molecule has 0 heterocycles. The van der Waals surface area contributed by atoms with Crippen LogP contribution in [0.2, 0.25) is 0 Å². The largest absolute Gasteiger partial charge is 0.507 e. The second-order valence-electron chi connectivity index (χ2n) is 4.97. The van der Waals surface area contributed by atoms with Gasteiger partial charge in [0.2, 0.25) is 0 Å². The van der Waals surface area contributed by atoms with Crippen molar-refractivity contribution in [2.75, 3.05) is 6.61 Å². The topological polar surface area (TPSA) is 63.6 Å². The van der Waals surface area contributed by atoms with Crippen molar-refractivity contribution in [3.63, 3.8) is 0 Å². The highest BCUT2D eigenvalue weighted by Gasteiger charge is 2.07. The molecule has 128 valence electrons. The van der Waals surface area contributed by atoms with E-state index in [0.717, 1.165) is 24.6 Å². The van der Waals surface area contributed by atoms with Crippen molar-refractivity contribution in [1.82, 2.24) is 0 Å². The number of hydrogen-bond donors (Lipinski definition) is 1. The Balaban J connectivity index is 0.000000243. The van der Waals surface area contributed by atoms with E-state index < -0.39 is 0 Å². The summed E-state index contributed by atoms with van der Waals surface area (Å²) in [6.07, 6.45) is 1.49. The summed E-state index contributed by atoms with van der Waals surface area (Å²) >= 11 is 4.29. The van der Waals surface area contributed by atoms with Gasteiger partial charge in [-0.15, -0.1) is 0 Å². The van der Waals surface area contributed by atoms with Crippen molar-refractivity contribution < 1.29 is 19.4 Å². The molecule has 6 heteroatoms. The minimum Gasteiger partial charge on any atom is -0.507 e. The average Bonchev–Trinajstić information content (AvgIpc) is 2.53. The van der Waals surface area contributed by atoms with Crippen molar-refractivity contribution in [2.45, 2.75) is 20.8 Å². The summed E-state index contributed by atoms with van der Waals surface area (Å²) in [6.45, 7) is 6.21. The number of hydrogen-bond acceptors (Lipinski definition) is 4. The quantitative estimate of drug-likeness (QED) is 0.432. The molecule has 0 aliphatic rings. The van der Waals surface area contributed by atoms with Crippen molar-refractivity contribution >= 4 is 57.8 Å². The van der Waals surface area contributed by atoms with Crippen molar-refractivity contribution in [2.24, 2.45) is 0 Å². The van der Waals surface area contributed by atoms with Crippen LogP contribution in [0, 0.1) is 21.0 Å². The molecule has 2 aromatic rings. The zero-order chi connectivity index (χ0) is 18.3. The van der Waals surface area contributed by atoms with Crippen molar-refractivity contribution in [3.8, 4) is 11.5 Å². The normalized spacial score (nSPS) is 9.71. The van der Waals surface area contributed by atoms with Gasteiger partial charge in [-0.05, 0) is 101 Å². The van der Waals surface area contributed by atoms with Crippen LogP contribution in [0.5, 0.6) is 11.5 Å². The third-order valence-corrected chi connectivity index (χ3v) is 4.35. The second-order valence-corrected chi connectivity index (χ2v) is 7.46. The van der Waals surface area contributed by atoms with Gasteiger partial charge in [-0.25, -0.2) is 0 Å². The predicted molar refractivity (Wildman–Crippen MR) is 111 cm³/mol. The molecule has 4 nitrogen and oxygen atoms in total. The lowest BCUT2D eigenvalue weighted by Crippen LogP contribution is -1.99. The highest BCUT2D eigenvalue weighted by Crippen LogP contribution is 2.25. The lowest BCUT2D eigenvalue weighted by molar-refractivity contribution is 0.111. The first-order chi connectivity index (χ1) is 11.3. The Kier molecular flexibility index (Phi) is 8.68. The predicted octanol–water partition coefficient (Wildman–Crippen LogP) is 4.93. The van der Waals surface area contributed by atoms with Gasteiger partial charge in [0.05, 0.1) is 17.7 Å². The minimum atomic E-state index is 0.0837. The van der Waals surface area contributed by atoms with Crippen LogP contribution in [0.4, 0.5) is 0 Å². The molecule has 24 heavy (non-hydrogen) atoms. The van der Waals surface area contributed by atoms with E-state index in [9.17, 15) is 14.7 Å². The minimum absolute atomic E-state index is 0.0837. The first-order valence-corrected chi connectivity index (χ1v) is 9.32. The highest BCUT2D eigenvalue weighted by atomic mass is 127. The molecule has 0 amide bonds. The molecule has 0 saturated carbocycles. The number of phenolic OH excluding ortho intramolecular Hbond substituents is 1. The van der Waals surface area contributed by atoms with E-state index in [1.807, 2.05) is 32.0 Å². The van der Waals surface area contributed by atoms with Crippen LogP contribution in [-0.2, 0) is 0 Å². The molecule has 2 aromatic carbocycles. The molecule has 1 N–H and O–H groups in total. The highest BCUT2D eigenvalue weighted by molar-refractivity contribution is 14.1. The standard InChI is InChI=1S/C10H11IO2.C8H7IO2/c1-3-13-10-7(2)4-9(11)5-8(10)6-12;1-5-2-7(9)3-6(4-10)8(5)11/h4-6H,3H2,1-2H3;2-4,11H,1H3. The van der Waals surface area contributed by atoms with E-state index in [0.29, 0.717) is 29.8 Å². The van der Waals surface area contributed by atoms with Crippen LogP contribution >= 0.6 is 45.2 Å². The first kappa shape index (κ1) is 20.9. The number of benzene rings is 2. The summed E-state index contributed by atoms with van der Waals surface area (Å²) in [5, 5.41) is 9.29. The number of aryl methyl sites for hydroxylation is 2. The Hall–Kier alpha value is -1.16. The zero-order valence-corrected chi connectivity index (χ0v) is 17.9. The second kappa shape index (κ2) is 9.97. The Morgan fingerprint density at radius 3 is 1.96 bits per heavy atom. The number of carbonyl (C=O) groups excluding carboxylic acids is 2. The molecular weight excluding hydrogens is 534 g/mol. The molecular formula is C18H18I2O4. The first-order valence-electron chi connectivity index (χ1n) is 7.16. The third-order valence-electron chi connectivity index (χ3n) is 3.11. The molecule has 2 rings (SSSR count). The molecule has 0 radical (unpaired) electrons. The SMILES string of the molecule is CCOc1c(C)cc(I)cc1C=O.Cc1cc(I)cc(C=O)c1O. The fraction of sp³-hybridized carbons (Fsp3) is 0.222. The van der Waals surface area contributed by atoms with Gasteiger partial charge < -0.3 is 9.84 Å². The van der Waals surface area contributed by atoms with Gasteiger partial charge in [-0.2, -0.15) is 0 Å². The van der Waals surface area contributed by atoms with Crippen LogP contribution in [0.1, 0.15) is 38.8 Å². The Morgan fingerprint density at radius 2 is 1.46 bits per heavy atom. The molecule has 0 bridgehead atoms. The summed E-state index contributed by atoms with van der Waals surface area (Å²) in [7, 11) is 0. The number of phenols is 1. The summed E-state index contributed by atoms with van der Waals surface area (Å²) in [5.41, 5.74) is 2.73. The van der Waals surface area contributed by atoms with E-state index in [-0.39, 0.29) is 5.75 Å². The van der Waals surface area contributed by atoms with E-state index >= 15 is 0 Å².